The Hall–Kier alpha value is -0.900. The highest BCUT2D eigenvalue weighted by Crippen LogP contribution is 1.79. The molecule has 0 aromatic carbocycles. The summed E-state index contributed by atoms with van der Waals surface area (Å²) in [5.41, 5.74) is 5.23. The van der Waals surface area contributed by atoms with Crippen LogP contribution in [0.15, 0.2) is 12.1 Å². The van der Waals surface area contributed by atoms with Gasteiger partial charge in [0, 0.05) is 13.2 Å². The van der Waals surface area contributed by atoms with Gasteiger partial charge in [-0.15, -0.1) is 0 Å². The summed E-state index contributed by atoms with van der Waals surface area (Å²) >= 11 is 0. The number of aliphatic hydroxyl groups excluding tert-OH is 1. The first-order valence-corrected chi connectivity index (χ1v) is 3.72. The number of hydrogen-bond acceptors (Lipinski definition) is 4. The molecule has 4 heteroatoms. The molecule has 0 aromatic heterocycles. The van der Waals surface area contributed by atoms with Crippen LogP contribution in [0.2, 0.25) is 0 Å². The molecule has 0 aliphatic carbocycles. The summed E-state index contributed by atoms with van der Waals surface area (Å²) in [5, 5.41) is 11.1. The summed E-state index contributed by atoms with van der Waals surface area (Å²) in [7, 11) is 0. The highest BCUT2D eigenvalue weighted by molar-refractivity contribution is 4.85. The van der Waals surface area contributed by atoms with Crippen LogP contribution in [0, 0.1) is 0 Å². The van der Waals surface area contributed by atoms with Crippen LogP contribution < -0.4 is 11.1 Å². The molecule has 0 saturated carbocycles. The van der Waals surface area contributed by atoms with Crippen molar-refractivity contribution in [2.24, 2.45) is 5.73 Å². The highest BCUT2D eigenvalue weighted by Gasteiger charge is 1.87. The van der Waals surface area contributed by atoms with Gasteiger partial charge in [0.25, 0.3) is 0 Å². The van der Waals surface area contributed by atoms with Gasteiger partial charge >= 0.3 is 0 Å². The first-order valence-electron chi connectivity index (χ1n) is 3.72. The lowest BCUT2D eigenvalue weighted by Gasteiger charge is -2.04. The fraction of sp³-hybridized carbons (Fsp3) is 0.714. The maximum absolute atomic E-state index is 8.35. The molecule has 66 valence electrons. The zero-order valence-corrected chi connectivity index (χ0v) is 6.84. The summed E-state index contributed by atoms with van der Waals surface area (Å²) in [6.45, 7) is 4.06. The molecule has 0 rings (SSSR count). The predicted molar refractivity (Wildman–Crippen MR) is 44.0 cm³/mol. The molecule has 0 amide bonds. The van der Waals surface area contributed by atoms with Gasteiger partial charge in [-0.25, -0.2) is 0 Å². The highest BCUT2D eigenvalue weighted by atomic mass is 16.5. The van der Waals surface area contributed by atoms with Crippen molar-refractivity contribution >= 4 is 0 Å². The lowest BCUT2D eigenvalue weighted by molar-refractivity contribution is 0.138. The van der Waals surface area contributed by atoms with Gasteiger partial charge in [-0.05, 0) is 6.42 Å². The van der Waals surface area contributed by atoms with Crippen LogP contribution in [-0.2, 0) is 4.74 Å². The first-order chi connectivity index (χ1) is 5.31. The fourth-order valence-electron chi connectivity index (χ4n) is 0.560. The maximum atomic E-state index is 8.35. The molecule has 0 saturated heterocycles. The SMILES string of the molecule is CCCOCCN/C(N)=C/O. The molecule has 0 radical (unpaired) electrons. The van der Waals surface area contributed by atoms with E-state index in [9.17, 15) is 0 Å². The van der Waals surface area contributed by atoms with E-state index in [0.29, 0.717) is 13.2 Å². The van der Waals surface area contributed by atoms with Crippen molar-refractivity contribution in [2.45, 2.75) is 13.3 Å². The molecule has 0 aromatic rings. The molecule has 4 N–H and O–H groups in total. The van der Waals surface area contributed by atoms with E-state index in [1.54, 1.807) is 0 Å². The monoisotopic (exact) mass is 160 g/mol. The largest absolute Gasteiger partial charge is 0.512 e. The molecule has 0 atom stereocenters. The van der Waals surface area contributed by atoms with Gasteiger partial charge in [-0.2, -0.15) is 0 Å². The number of nitrogens with one attached hydrogen (secondary N) is 1. The molecular weight excluding hydrogens is 144 g/mol. The molecule has 0 aliphatic rings. The van der Waals surface area contributed by atoms with Crippen LogP contribution in [0.3, 0.4) is 0 Å². The quantitative estimate of drug-likeness (QED) is 0.386. The Labute approximate surface area is 67.0 Å². The van der Waals surface area contributed by atoms with Gasteiger partial charge in [0.2, 0.25) is 0 Å². The summed E-state index contributed by atoms with van der Waals surface area (Å²) in [6, 6.07) is 0. The van der Waals surface area contributed by atoms with Crippen molar-refractivity contribution in [3.05, 3.63) is 12.1 Å². The molecule has 0 unspecified atom stereocenters. The Bertz CT molecular complexity index is 115. The van der Waals surface area contributed by atoms with Crippen molar-refractivity contribution in [2.75, 3.05) is 19.8 Å². The van der Waals surface area contributed by atoms with Gasteiger partial charge in [0.05, 0.1) is 6.61 Å². The van der Waals surface area contributed by atoms with Crippen molar-refractivity contribution < 1.29 is 9.84 Å². The van der Waals surface area contributed by atoms with Crippen molar-refractivity contribution in [1.82, 2.24) is 5.32 Å². The van der Waals surface area contributed by atoms with E-state index >= 15 is 0 Å². The Balaban J connectivity index is 3.02. The second kappa shape index (κ2) is 7.21. The molecular formula is C7H16N2O2. The zero-order valence-electron chi connectivity index (χ0n) is 6.84. The second-order valence-electron chi connectivity index (χ2n) is 2.12. The van der Waals surface area contributed by atoms with E-state index in [1.165, 1.54) is 0 Å². The molecule has 0 bridgehead atoms. The van der Waals surface area contributed by atoms with E-state index in [0.717, 1.165) is 19.3 Å². The minimum absolute atomic E-state index is 0.269. The average Bonchev–Trinajstić information content (AvgIpc) is 2.04. The Kier molecular flexibility index (Phi) is 6.62. The Morgan fingerprint density at radius 1 is 1.64 bits per heavy atom. The molecule has 0 aliphatic heterocycles. The van der Waals surface area contributed by atoms with Crippen LogP contribution in [0.25, 0.3) is 0 Å². The average molecular weight is 160 g/mol. The van der Waals surface area contributed by atoms with Gasteiger partial charge in [-0.1, -0.05) is 6.92 Å². The maximum Gasteiger partial charge on any atom is 0.131 e. The van der Waals surface area contributed by atoms with Crippen LogP contribution in [0.4, 0.5) is 0 Å². The minimum Gasteiger partial charge on any atom is -0.512 e. The normalized spacial score (nSPS) is 11.5. The standard InChI is InChI=1S/C7H16N2O2/c1-2-4-11-5-3-9-7(8)6-10/h6,9-10H,2-5,8H2,1H3/b7-6+. The van der Waals surface area contributed by atoms with E-state index < -0.39 is 0 Å². The summed E-state index contributed by atoms with van der Waals surface area (Å²) in [6.07, 6.45) is 1.85. The molecule has 0 spiro atoms. The molecule has 0 fully saturated rings. The third kappa shape index (κ3) is 6.99. The number of ether oxygens (including phenoxy) is 1. The third-order valence-electron chi connectivity index (χ3n) is 1.06. The first kappa shape index (κ1) is 10.1. The van der Waals surface area contributed by atoms with Gasteiger partial charge in [0.1, 0.15) is 12.1 Å². The van der Waals surface area contributed by atoms with Crippen LogP contribution in [-0.4, -0.2) is 24.9 Å². The van der Waals surface area contributed by atoms with Crippen LogP contribution in [0.1, 0.15) is 13.3 Å². The summed E-state index contributed by atoms with van der Waals surface area (Å²) in [5.74, 6) is 0.269. The summed E-state index contributed by atoms with van der Waals surface area (Å²) < 4.78 is 5.15. The number of aliphatic hydroxyl groups is 1. The third-order valence-corrected chi connectivity index (χ3v) is 1.06. The molecule has 0 heterocycles. The Morgan fingerprint density at radius 3 is 2.91 bits per heavy atom. The lowest BCUT2D eigenvalue weighted by atomic mass is 10.5. The topological polar surface area (TPSA) is 67.5 Å². The van der Waals surface area contributed by atoms with Crippen molar-refractivity contribution in [3.8, 4) is 0 Å². The lowest BCUT2D eigenvalue weighted by Crippen LogP contribution is -2.24. The van der Waals surface area contributed by atoms with Gasteiger partial charge in [-0.3, -0.25) is 0 Å². The summed E-state index contributed by atoms with van der Waals surface area (Å²) in [4.78, 5) is 0. The van der Waals surface area contributed by atoms with Crippen LogP contribution in [0.5, 0.6) is 0 Å². The fourth-order valence-corrected chi connectivity index (χ4v) is 0.560. The molecule has 4 nitrogen and oxygen atoms in total. The smallest absolute Gasteiger partial charge is 0.131 e. The number of nitrogens with two attached hydrogens (primary N) is 1. The van der Waals surface area contributed by atoms with E-state index in [-0.39, 0.29) is 5.82 Å². The molecule has 11 heavy (non-hydrogen) atoms. The van der Waals surface area contributed by atoms with Crippen molar-refractivity contribution in [1.29, 1.82) is 0 Å². The minimum atomic E-state index is 0.269. The van der Waals surface area contributed by atoms with E-state index in [2.05, 4.69) is 12.2 Å². The predicted octanol–water partition coefficient (Wildman–Crippen LogP) is 0.318. The number of rotatable bonds is 6. The Morgan fingerprint density at radius 2 is 2.36 bits per heavy atom. The van der Waals surface area contributed by atoms with E-state index in [4.69, 9.17) is 15.6 Å². The zero-order chi connectivity index (χ0) is 8.53. The van der Waals surface area contributed by atoms with Crippen LogP contribution >= 0.6 is 0 Å². The number of hydrogen-bond donors (Lipinski definition) is 3. The second-order valence-corrected chi connectivity index (χ2v) is 2.12. The van der Waals surface area contributed by atoms with Gasteiger partial charge < -0.3 is 20.9 Å². The van der Waals surface area contributed by atoms with E-state index in [1.807, 2.05) is 0 Å². The van der Waals surface area contributed by atoms with Gasteiger partial charge in [0.15, 0.2) is 0 Å². The van der Waals surface area contributed by atoms with Crippen molar-refractivity contribution in [3.63, 3.8) is 0 Å².